The molecule has 7 heteroatoms. The number of amidine groups is 1. The predicted octanol–water partition coefficient (Wildman–Crippen LogP) is 1.25. The van der Waals surface area contributed by atoms with Crippen LogP contribution in [0.1, 0.15) is 24.3 Å². The van der Waals surface area contributed by atoms with Crippen LogP contribution in [0, 0.1) is 0 Å². The van der Waals surface area contributed by atoms with Crippen LogP contribution in [0.3, 0.4) is 0 Å². The van der Waals surface area contributed by atoms with Gasteiger partial charge >= 0.3 is 0 Å². The number of hydrogen-bond donors (Lipinski definition) is 1. The quantitative estimate of drug-likeness (QED) is 0.783. The van der Waals surface area contributed by atoms with Crippen LogP contribution in [0.4, 0.5) is 0 Å². The van der Waals surface area contributed by atoms with Crippen LogP contribution in [0.5, 0.6) is 0 Å². The summed E-state index contributed by atoms with van der Waals surface area (Å²) in [5.74, 6) is -0.854. The SMILES string of the molecule is CC(=O)NC1=NC(=O)/C(=C/c2cccn2C(C)=O)S1. The van der Waals surface area contributed by atoms with Gasteiger partial charge in [0.05, 0.1) is 4.91 Å². The topological polar surface area (TPSA) is 80.5 Å². The molecule has 0 aromatic carbocycles. The second-order valence-electron chi connectivity index (χ2n) is 3.84. The molecule has 2 amide bonds. The Balaban J connectivity index is 2.22. The van der Waals surface area contributed by atoms with Gasteiger partial charge in [-0.15, -0.1) is 0 Å². The molecule has 0 aliphatic carbocycles. The largest absolute Gasteiger partial charge is 0.305 e. The summed E-state index contributed by atoms with van der Waals surface area (Å²) in [7, 11) is 0. The van der Waals surface area contributed by atoms with E-state index in [-0.39, 0.29) is 17.0 Å². The minimum absolute atomic E-state index is 0.143. The highest BCUT2D eigenvalue weighted by Crippen LogP contribution is 2.27. The molecule has 0 radical (unpaired) electrons. The summed E-state index contributed by atoms with van der Waals surface area (Å²) >= 11 is 1.07. The molecule has 2 rings (SSSR count). The van der Waals surface area contributed by atoms with Crippen molar-refractivity contribution in [3.63, 3.8) is 0 Å². The summed E-state index contributed by atoms with van der Waals surface area (Å²) in [4.78, 5) is 38.0. The first-order chi connectivity index (χ1) is 8.97. The molecule has 1 aliphatic rings. The van der Waals surface area contributed by atoms with E-state index in [9.17, 15) is 14.4 Å². The number of rotatable bonds is 1. The van der Waals surface area contributed by atoms with Gasteiger partial charge < -0.3 is 5.32 Å². The minimum atomic E-state index is -0.426. The summed E-state index contributed by atoms with van der Waals surface area (Å²) < 4.78 is 1.43. The Kier molecular flexibility index (Phi) is 3.66. The van der Waals surface area contributed by atoms with Gasteiger partial charge in [-0.05, 0) is 30.0 Å². The lowest BCUT2D eigenvalue weighted by Crippen LogP contribution is -2.23. The third kappa shape index (κ3) is 3.00. The van der Waals surface area contributed by atoms with Gasteiger partial charge in [-0.3, -0.25) is 19.0 Å². The molecule has 19 heavy (non-hydrogen) atoms. The zero-order chi connectivity index (χ0) is 14.0. The van der Waals surface area contributed by atoms with Crippen LogP contribution in [0.15, 0.2) is 28.2 Å². The average Bonchev–Trinajstić information content (AvgIpc) is 2.86. The van der Waals surface area contributed by atoms with Gasteiger partial charge in [-0.25, -0.2) is 0 Å². The van der Waals surface area contributed by atoms with Crippen molar-refractivity contribution in [2.24, 2.45) is 4.99 Å². The van der Waals surface area contributed by atoms with Gasteiger partial charge in [0.25, 0.3) is 5.91 Å². The lowest BCUT2D eigenvalue weighted by atomic mass is 10.3. The molecule has 6 nitrogen and oxygen atoms in total. The third-order valence-corrected chi connectivity index (χ3v) is 3.20. The molecule has 98 valence electrons. The van der Waals surface area contributed by atoms with Crippen molar-refractivity contribution in [2.75, 3.05) is 0 Å². The summed E-state index contributed by atoms with van der Waals surface area (Å²) in [5.41, 5.74) is 0.600. The maximum absolute atomic E-state index is 11.7. The highest BCUT2D eigenvalue weighted by molar-refractivity contribution is 8.18. The van der Waals surface area contributed by atoms with Crippen molar-refractivity contribution in [2.45, 2.75) is 13.8 Å². The number of aliphatic imine (C=N–C) groups is 1. The van der Waals surface area contributed by atoms with E-state index in [0.29, 0.717) is 10.6 Å². The molecule has 0 saturated heterocycles. The molecule has 0 fully saturated rings. The number of aromatic nitrogens is 1. The van der Waals surface area contributed by atoms with E-state index in [2.05, 4.69) is 10.3 Å². The molecule has 1 aromatic heterocycles. The van der Waals surface area contributed by atoms with Crippen LogP contribution < -0.4 is 5.32 Å². The number of nitrogens with zero attached hydrogens (tertiary/aromatic N) is 2. The van der Waals surface area contributed by atoms with Gasteiger partial charge in [-0.1, -0.05) is 0 Å². The summed E-state index contributed by atoms with van der Waals surface area (Å²) in [6, 6.07) is 3.44. The first-order valence-corrected chi connectivity index (χ1v) is 6.27. The molecule has 0 spiro atoms. The van der Waals surface area contributed by atoms with Gasteiger partial charge in [0.2, 0.25) is 11.8 Å². The Bertz CT molecular complexity index is 628. The molecular weight excluding hydrogens is 266 g/mol. The van der Waals surface area contributed by atoms with Crippen LogP contribution >= 0.6 is 11.8 Å². The number of carbonyl (C=O) groups excluding carboxylic acids is 3. The highest BCUT2D eigenvalue weighted by atomic mass is 32.2. The van der Waals surface area contributed by atoms with Crippen molar-refractivity contribution >= 4 is 40.7 Å². The van der Waals surface area contributed by atoms with Gasteiger partial charge in [0.15, 0.2) is 5.17 Å². The maximum atomic E-state index is 11.7. The normalized spacial score (nSPS) is 16.6. The van der Waals surface area contributed by atoms with Crippen LogP contribution in [0.2, 0.25) is 0 Å². The second kappa shape index (κ2) is 5.23. The van der Waals surface area contributed by atoms with E-state index in [0.717, 1.165) is 11.8 Å². The van der Waals surface area contributed by atoms with Crippen LogP contribution in [-0.4, -0.2) is 27.5 Å². The van der Waals surface area contributed by atoms with E-state index in [1.807, 2.05) is 0 Å². The first-order valence-electron chi connectivity index (χ1n) is 5.46. The lowest BCUT2D eigenvalue weighted by molar-refractivity contribution is -0.117. The van der Waals surface area contributed by atoms with Gasteiger partial charge in [0, 0.05) is 25.7 Å². The maximum Gasteiger partial charge on any atom is 0.286 e. The molecule has 1 aromatic rings. The highest BCUT2D eigenvalue weighted by Gasteiger charge is 2.23. The van der Waals surface area contributed by atoms with Crippen molar-refractivity contribution in [1.29, 1.82) is 0 Å². The Morgan fingerprint density at radius 2 is 2.16 bits per heavy atom. The smallest absolute Gasteiger partial charge is 0.286 e. The predicted molar refractivity (Wildman–Crippen MR) is 72.6 cm³/mol. The van der Waals surface area contributed by atoms with E-state index in [1.165, 1.54) is 18.4 Å². The lowest BCUT2D eigenvalue weighted by Gasteiger charge is -2.01. The van der Waals surface area contributed by atoms with Crippen molar-refractivity contribution in [3.8, 4) is 0 Å². The second-order valence-corrected chi connectivity index (χ2v) is 4.87. The monoisotopic (exact) mass is 277 g/mol. The van der Waals surface area contributed by atoms with Crippen molar-refractivity contribution in [3.05, 3.63) is 28.9 Å². The fourth-order valence-electron chi connectivity index (χ4n) is 1.55. The molecule has 2 heterocycles. The molecule has 0 unspecified atom stereocenters. The molecule has 0 bridgehead atoms. The number of thioether (sulfide) groups is 1. The minimum Gasteiger partial charge on any atom is -0.305 e. The van der Waals surface area contributed by atoms with E-state index in [4.69, 9.17) is 0 Å². The van der Waals surface area contributed by atoms with Gasteiger partial charge in [0.1, 0.15) is 0 Å². The zero-order valence-electron chi connectivity index (χ0n) is 10.3. The fraction of sp³-hybridized carbons (Fsp3) is 0.167. The molecule has 1 aliphatic heterocycles. The van der Waals surface area contributed by atoms with E-state index in [1.54, 1.807) is 24.4 Å². The number of amides is 2. The standard InChI is InChI=1S/C12H11N3O3S/c1-7(16)13-12-14-11(18)10(19-12)6-9-4-3-5-15(9)8(2)17/h3-6H,1-2H3,(H,13,14,16,18)/b10-6-. The first kappa shape index (κ1) is 13.3. The van der Waals surface area contributed by atoms with Crippen molar-refractivity contribution < 1.29 is 14.4 Å². The Labute approximate surface area is 113 Å². The molecule has 1 N–H and O–H groups in total. The molecular formula is C12H11N3O3S. The zero-order valence-corrected chi connectivity index (χ0v) is 11.2. The van der Waals surface area contributed by atoms with Crippen LogP contribution in [0.25, 0.3) is 6.08 Å². The van der Waals surface area contributed by atoms with E-state index >= 15 is 0 Å². The van der Waals surface area contributed by atoms with Crippen LogP contribution in [-0.2, 0) is 9.59 Å². The number of carbonyl (C=O) groups is 3. The Hall–Kier alpha value is -2.15. The van der Waals surface area contributed by atoms with Gasteiger partial charge in [-0.2, -0.15) is 4.99 Å². The average molecular weight is 277 g/mol. The number of nitrogens with one attached hydrogen (secondary N) is 1. The third-order valence-electron chi connectivity index (χ3n) is 2.30. The number of hydrogen-bond acceptors (Lipinski definition) is 4. The Morgan fingerprint density at radius 3 is 2.79 bits per heavy atom. The summed E-state index contributed by atoms with van der Waals surface area (Å²) in [6.45, 7) is 2.78. The molecule has 0 atom stereocenters. The van der Waals surface area contributed by atoms with Crippen molar-refractivity contribution in [1.82, 2.24) is 9.88 Å². The summed E-state index contributed by atoms with van der Waals surface area (Å²) in [5, 5.41) is 2.71. The Morgan fingerprint density at radius 1 is 1.42 bits per heavy atom. The van der Waals surface area contributed by atoms with E-state index < -0.39 is 5.91 Å². The summed E-state index contributed by atoms with van der Waals surface area (Å²) in [6.07, 6.45) is 3.20. The molecule has 0 saturated carbocycles. The fourth-order valence-corrected chi connectivity index (χ4v) is 2.39.